The molecular weight excluding hydrogens is 680 g/mol. The standard InChI is InChI=1S/C21H32P.C17H24P.2ClH.Zr/c1-3-5-7-11-15-22(16-12-8-6-4-2)21-17-19-13-9-10-14-20(19)18-21;1-3-5-11-18(12-6-4-2)17-13-15-9-7-8-10-16(15)14-17;;;/h9-10,13-14,17-18H,3-8,11-12,15-16H2,1-2H3;7-10,13-14H,3-6,11-12H2,1-2H3;2*1H;/q2*-1;;;+4/p-2. The van der Waals surface area contributed by atoms with E-state index < -0.39 is 0 Å². The van der Waals surface area contributed by atoms with Gasteiger partial charge in [-0.1, -0.05) is 107 Å². The molecule has 0 nitrogen and oxygen atoms in total. The van der Waals surface area contributed by atoms with Crippen molar-refractivity contribution in [2.24, 2.45) is 0 Å². The second-order valence-electron chi connectivity index (χ2n) is 11.5. The zero-order valence-corrected chi connectivity index (χ0v) is 33.2. The third-order valence-corrected chi connectivity index (χ3v) is 13.5. The maximum atomic E-state index is 2.47. The maximum Gasteiger partial charge on any atom is 4.00 e. The van der Waals surface area contributed by atoms with Gasteiger partial charge in [-0.25, -0.2) is 0 Å². The molecule has 0 N–H and O–H groups in total. The molecule has 0 aliphatic carbocycles. The van der Waals surface area contributed by atoms with Gasteiger partial charge >= 0.3 is 26.2 Å². The second-order valence-corrected chi connectivity index (χ2v) is 16.5. The van der Waals surface area contributed by atoms with E-state index in [0.717, 1.165) is 0 Å². The normalized spacial score (nSPS) is 10.7. The molecule has 0 saturated carbocycles. The third-order valence-electron chi connectivity index (χ3n) is 8.06. The van der Waals surface area contributed by atoms with Crippen LogP contribution >= 0.6 is 15.8 Å². The molecule has 0 aromatic heterocycles. The number of fused-ring (bicyclic) bond motifs is 2. The van der Waals surface area contributed by atoms with Gasteiger partial charge in [0.25, 0.3) is 0 Å². The van der Waals surface area contributed by atoms with E-state index >= 15 is 0 Å². The van der Waals surface area contributed by atoms with Crippen molar-refractivity contribution >= 4 is 48.0 Å². The fourth-order valence-electron chi connectivity index (χ4n) is 5.53. The van der Waals surface area contributed by atoms with Crippen LogP contribution in [0.5, 0.6) is 0 Å². The summed E-state index contributed by atoms with van der Waals surface area (Å²) in [6.07, 6.45) is 22.3. The average molecular weight is 737 g/mol. The van der Waals surface area contributed by atoms with E-state index in [9.17, 15) is 0 Å². The summed E-state index contributed by atoms with van der Waals surface area (Å²) in [6.45, 7) is 9.21. The quantitative estimate of drug-likeness (QED) is 0.0659. The molecular formula is C38H56Cl2P2Zr. The summed E-state index contributed by atoms with van der Waals surface area (Å²) in [5, 5.41) is 9.01. The van der Waals surface area contributed by atoms with E-state index in [1.807, 2.05) is 0 Å². The molecule has 4 aromatic rings. The summed E-state index contributed by atoms with van der Waals surface area (Å²) >= 11 is 0. The SMILES string of the molecule is CCCCCCP(CCCCCC)c1cc2ccccc2[cH-]1.CCCCP(CCCC)c1cc2ccccc2[cH-]1.[Cl-].[Cl-].[Zr+4]. The van der Waals surface area contributed by atoms with Gasteiger partial charge in [0.15, 0.2) is 0 Å². The fraction of sp³-hybridized carbons (Fsp3) is 0.526. The fourth-order valence-corrected chi connectivity index (χ4v) is 10.9. The Hall–Kier alpha value is -0.0169. The maximum absolute atomic E-state index is 2.47. The van der Waals surface area contributed by atoms with Crippen molar-refractivity contribution in [1.29, 1.82) is 0 Å². The second kappa shape index (κ2) is 26.1. The van der Waals surface area contributed by atoms with Crippen molar-refractivity contribution in [3.63, 3.8) is 0 Å². The van der Waals surface area contributed by atoms with Crippen LogP contribution in [0.2, 0.25) is 0 Å². The molecule has 0 aliphatic rings. The van der Waals surface area contributed by atoms with Crippen LogP contribution in [0.25, 0.3) is 21.5 Å². The van der Waals surface area contributed by atoms with Crippen molar-refractivity contribution in [3.05, 3.63) is 72.8 Å². The molecule has 0 spiro atoms. The topological polar surface area (TPSA) is 0 Å². The molecule has 0 fully saturated rings. The molecule has 0 unspecified atom stereocenters. The number of hydrogen-bond donors (Lipinski definition) is 0. The summed E-state index contributed by atoms with van der Waals surface area (Å²) in [5.41, 5.74) is 0. The van der Waals surface area contributed by atoms with Crippen LogP contribution in [0, 0.1) is 0 Å². The van der Waals surface area contributed by atoms with Gasteiger partial charge in [0, 0.05) is 0 Å². The zero-order chi connectivity index (χ0) is 28.4. The molecule has 4 aromatic carbocycles. The molecule has 0 atom stereocenters. The Morgan fingerprint density at radius 3 is 1.16 bits per heavy atom. The molecule has 4 rings (SSSR count). The number of halogens is 2. The van der Waals surface area contributed by atoms with Gasteiger partial charge in [-0.15, -0.1) is 80.7 Å². The summed E-state index contributed by atoms with van der Waals surface area (Å²) in [5.74, 6) is 0. The van der Waals surface area contributed by atoms with E-state index in [1.54, 1.807) is 10.6 Å². The number of benzene rings is 2. The van der Waals surface area contributed by atoms with Gasteiger partial charge in [0.2, 0.25) is 0 Å². The summed E-state index contributed by atoms with van der Waals surface area (Å²) in [4.78, 5) is 0. The largest absolute Gasteiger partial charge is 4.00 e. The van der Waals surface area contributed by atoms with Crippen LogP contribution in [0.3, 0.4) is 0 Å². The summed E-state index contributed by atoms with van der Waals surface area (Å²) in [7, 11) is 0.150. The predicted molar refractivity (Wildman–Crippen MR) is 190 cm³/mol. The van der Waals surface area contributed by atoms with Crippen molar-refractivity contribution in [3.8, 4) is 0 Å². The smallest absolute Gasteiger partial charge is 1.00 e. The first-order valence-corrected chi connectivity index (χ1v) is 19.9. The van der Waals surface area contributed by atoms with Gasteiger partial charge in [0.1, 0.15) is 0 Å². The Morgan fingerprint density at radius 2 is 0.814 bits per heavy atom. The molecule has 0 saturated heterocycles. The van der Waals surface area contributed by atoms with Gasteiger partial charge < -0.3 is 24.8 Å². The number of rotatable bonds is 18. The van der Waals surface area contributed by atoms with Gasteiger partial charge in [-0.05, 0) is 50.3 Å². The van der Waals surface area contributed by atoms with E-state index in [0.29, 0.717) is 0 Å². The van der Waals surface area contributed by atoms with Crippen LogP contribution < -0.4 is 35.4 Å². The first kappa shape index (κ1) is 43.0. The van der Waals surface area contributed by atoms with Crippen molar-refractivity contribution < 1.29 is 51.0 Å². The van der Waals surface area contributed by atoms with Crippen LogP contribution in [-0.2, 0) is 26.2 Å². The molecule has 5 heteroatoms. The first-order chi connectivity index (χ1) is 19.7. The monoisotopic (exact) mass is 734 g/mol. The average Bonchev–Trinajstić information content (AvgIpc) is 3.61. The van der Waals surface area contributed by atoms with Crippen molar-refractivity contribution in [1.82, 2.24) is 0 Å². The Kier molecular flexibility index (Phi) is 26.1. The zero-order valence-electron chi connectivity index (χ0n) is 27.4. The van der Waals surface area contributed by atoms with Crippen LogP contribution in [-0.4, -0.2) is 24.6 Å². The van der Waals surface area contributed by atoms with Gasteiger partial charge in [-0.3, -0.25) is 0 Å². The summed E-state index contributed by atoms with van der Waals surface area (Å²) in [6, 6.07) is 27.5. The Bertz CT molecular complexity index is 1110. The minimum Gasteiger partial charge on any atom is -1.00 e. The van der Waals surface area contributed by atoms with Crippen LogP contribution in [0.1, 0.15) is 105 Å². The summed E-state index contributed by atoms with van der Waals surface area (Å²) < 4.78 is 0. The van der Waals surface area contributed by atoms with Crippen LogP contribution in [0.15, 0.2) is 72.8 Å². The van der Waals surface area contributed by atoms with Gasteiger partial charge in [0.05, 0.1) is 0 Å². The number of hydrogen-bond acceptors (Lipinski definition) is 0. The van der Waals surface area contributed by atoms with E-state index in [2.05, 4.69) is 100 Å². The molecule has 0 heterocycles. The minimum absolute atomic E-state index is 0. The molecule has 0 radical (unpaired) electrons. The van der Waals surface area contributed by atoms with Crippen molar-refractivity contribution in [2.45, 2.75) is 105 Å². The Balaban J connectivity index is 0.000000779. The van der Waals surface area contributed by atoms with E-state index in [1.165, 1.54) is 123 Å². The number of unbranched alkanes of at least 4 members (excludes halogenated alkanes) is 8. The van der Waals surface area contributed by atoms with Crippen LogP contribution in [0.4, 0.5) is 0 Å². The van der Waals surface area contributed by atoms with E-state index in [-0.39, 0.29) is 66.9 Å². The minimum atomic E-state index is 0. The van der Waals surface area contributed by atoms with E-state index in [4.69, 9.17) is 0 Å². The molecule has 236 valence electrons. The Morgan fingerprint density at radius 1 is 0.465 bits per heavy atom. The molecule has 0 amide bonds. The molecule has 0 bridgehead atoms. The predicted octanol–water partition coefficient (Wildman–Crippen LogP) is 6.10. The Labute approximate surface area is 299 Å². The first-order valence-electron chi connectivity index (χ1n) is 16.5. The van der Waals surface area contributed by atoms with Crippen molar-refractivity contribution in [2.75, 3.05) is 24.6 Å². The molecule has 43 heavy (non-hydrogen) atoms. The third kappa shape index (κ3) is 15.4. The molecule has 0 aliphatic heterocycles. The van der Waals surface area contributed by atoms with Gasteiger partial charge in [-0.2, -0.15) is 12.1 Å².